The number of aryl methyl sites for hydroxylation is 1. The molecule has 1 saturated heterocycles. The molecule has 0 aromatic heterocycles. The number of carbonyl (C=O) groups excluding carboxylic acids is 2. The molecule has 1 N–H and O–H groups in total. The van der Waals surface area contributed by atoms with E-state index in [9.17, 15) is 9.59 Å². The van der Waals surface area contributed by atoms with Crippen molar-refractivity contribution in [1.82, 2.24) is 10.2 Å². The Labute approximate surface area is 143 Å². The van der Waals surface area contributed by atoms with E-state index in [1.54, 1.807) is 4.90 Å². The minimum absolute atomic E-state index is 0.115. The van der Waals surface area contributed by atoms with Crippen LogP contribution in [0.1, 0.15) is 25.8 Å². The topological polar surface area (TPSA) is 61.9 Å². The monoisotopic (exact) mass is 333 g/mol. The maximum absolute atomic E-state index is 12.1. The van der Waals surface area contributed by atoms with E-state index in [4.69, 9.17) is 4.74 Å². The Morgan fingerprint density at radius 2 is 1.92 bits per heavy atom. The van der Waals surface area contributed by atoms with Crippen molar-refractivity contribution in [3.8, 4) is 0 Å². The number of amides is 2. The van der Waals surface area contributed by atoms with Crippen molar-refractivity contribution in [1.29, 1.82) is 0 Å². The molecule has 2 rings (SSSR count). The van der Waals surface area contributed by atoms with E-state index in [0.29, 0.717) is 19.6 Å². The number of urea groups is 1. The normalized spacial score (nSPS) is 14.7. The summed E-state index contributed by atoms with van der Waals surface area (Å²) >= 11 is 0. The van der Waals surface area contributed by atoms with Crippen molar-refractivity contribution in [3.63, 3.8) is 0 Å². The molecule has 1 fully saturated rings. The number of hydrogen-bond donors (Lipinski definition) is 1. The van der Waals surface area contributed by atoms with Gasteiger partial charge in [-0.05, 0) is 38.5 Å². The summed E-state index contributed by atoms with van der Waals surface area (Å²) in [4.78, 5) is 27.7. The SMILES string of the molecule is Cc1cccc(N2CCN(C(=O)NCCC(=O)OC(C)C)CC2)c1. The Morgan fingerprint density at radius 1 is 1.21 bits per heavy atom. The summed E-state index contributed by atoms with van der Waals surface area (Å²) in [5.41, 5.74) is 2.44. The Hall–Kier alpha value is -2.24. The van der Waals surface area contributed by atoms with Gasteiger partial charge in [0.25, 0.3) is 0 Å². The minimum atomic E-state index is -0.283. The first kappa shape index (κ1) is 18.1. The van der Waals surface area contributed by atoms with Crippen LogP contribution in [0.5, 0.6) is 0 Å². The van der Waals surface area contributed by atoms with Crippen LogP contribution in [0.4, 0.5) is 10.5 Å². The molecule has 6 heteroatoms. The number of anilines is 1. The fourth-order valence-electron chi connectivity index (χ4n) is 2.70. The summed E-state index contributed by atoms with van der Waals surface area (Å²) in [5, 5.41) is 2.79. The third-order valence-corrected chi connectivity index (χ3v) is 3.91. The molecule has 1 aromatic rings. The number of ether oxygens (including phenoxy) is 1. The van der Waals surface area contributed by atoms with Crippen molar-refractivity contribution in [2.45, 2.75) is 33.3 Å². The molecule has 1 aliphatic heterocycles. The molecule has 0 aliphatic carbocycles. The number of nitrogens with zero attached hydrogens (tertiary/aromatic N) is 2. The summed E-state index contributed by atoms with van der Waals surface area (Å²) in [7, 11) is 0. The Bertz CT molecular complexity index is 566. The highest BCUT2D eigenvalue weighted by Gasteiger charge is 2.21. The molecule has 6 nitrogen and oxygen atoms in total. The molecule has 1 heterocycles. The summed E-state index contributed by atoms with van der Waals surface area (Å²) in [5.74, 6) is -0.283. The molecule has 0 atom stereocenters. The molecule has 0 radical (unpaired) electrons. The summed E-state index contributed by atoms with van der Waals surface area (Å²) < 4.78 is 5.04. The molecule has 0 bridgehead atoms. The number of benzene rings is 1. The summed E-state index contributed by atoms with van der Waals surface area (Å²) in [6.07, 6.45) is 0.0793. The van der Waals surface area contributed by atoms with Crippen molar-refractivity contribution < 1.29 is 14.3 Å². The Kier molecular flexibility index (Phi) is 6.46. The van der Waals surface area contributed by atoms with Crippen LogP contribution in [0.2, 0.25) is 0 Å². The van der Waals surface area contributed by atoms with E-state index >= 15 is 0 Å². The maximum Gasteiger partial charge on any atom is 0.317 e. The molecule has 2 amide bonds. The van der Waals surface area contributed by atoms with Gasteiger partial charge in [-0.2, -0.15) is 0 Å². The van der Waals surface area contributed by atoms with Crippen LogP contribution >= 0.6 is 0 Å². The molecule has 1 aliphatic rings. The van der Waals surface area contributed by atoms with Crippen molar-refractivity contribution >= 4 is 17.7 Å². The van der Waals surface area contributed by atoms with Gasteiger partial charge < -0.3 is 19.9 Å². The van der Waals surface area contributed by atoms with E-state index in [-0.39, 0.29) is 24.5 Å². The number of rotatable bonds is 5. The highest BCUT2D eigenvalue weighted by atomic mass is 16.5. The van der Waals surface area contributed by atoms with Crippen LogP contribution in [0.3, 0.4) is 0 Å². The van der Waals surface area contributed by atoms with E-state index in [1.807, 2.05) is 13.8 Å². The zero-order valence-electron chi connectivity index (χ0n) is 14.7. The zero-order valence-corrected chi connectivity index (χ0v) is 14.7. The average molecular weight is 333 g/mol. The van der Waals surface area contributed by atoms with Gasteiger partial charge in [0, 0.05) is 38.4 Å². The fourth-order valence-corrected chi connectivity index (χ4v) is 2.70. The van der Waals surface area contributed by atoms with Crippen LogP contribution in [-0.2, 0) is 9.53 Å². The fraction of sp³-hybridized carbons (Fsp3) is 0.556. The second-order valence-corrected chi connectivity index (χ2v) is 6.33. The number of esters is 1. The number of carbonyl (C=O) groups is 2. The smallest absolute Gasteiger partial charge is 0.317 e. The third kappa shape index (κ3) is 5.44. The van der Waals surface area contributed by atoms with Crippen LogP contribution in [0, 0.1) is 6.92 Å². The predicted octanol–water partition coefficient (Wildman–Crippen LogP) is 2.17. The average Bonchev–Trinajstić information content (AvgIpc) is 2.54. The number of nitrogens with one attached hydrogen (secondary N) is 1. The molecule has 0 saturated carbocycles. The summed E-state index contributed by atoms with van der Waals surface area (Å²) in [6.45, 7) is 8.99. The van der Waals surface area contributed by atoms with Crippen LogP contribution in [-0.4, -0.2) is 55.7 Å². The molecule has 0 unspecified atom stereocenters. The molecule has 24 heavy (non-hydrogen) atoms. The lowest BCUT2D eigenvalue weighted by atomic mass is 10.2. The van der Waals surface area contributed by atoms with Gasteiger partial charge in [0.15, 0.2) is 0 Å². The van der Waals surface area contributed by atoms with Gasteiger partial charge in [-0.3, -0.25) is 4.79 Å². The van der Waals surface area contributed by atoms with E-state index in [0.717, 1.165) is 13.1 Å². The van der Waals surface area contributed by atoms with E-state index < -0.39 is 0 Å². The third-order valence-electron chi connectivity index (χ3n) is 3.91. The first-order valence-electron chi connectivity index (χ1n) is 8.49. The lowest BCUT2D eigenvalue weighted by Crippen LogP contribution is -2.52. The van der Waals surface area contributed by atoms with Gasteiger partial charge in [-0.25, -0.2) is 4.79 Å². The highest BCUT2D eigenvalue weighted by Crippen LogP contribution is 2.17. The van der Waals surface area contributed by atoms with Gasteiger partial charge in [0.2, 0.25) is 0 Å². The minimum Gasteiger partial charge on any atom is -0.463 e. The van der Waals surface area contributed by atoms with Crippen molar-refractivity contribution in [2.24, 2.45) is 0 Å². The molecule has 1 aromatic carbocycles. The quantitative estimate of drug-likeness (QED) is 0.839. The molecular formula is C18H27N3O3. The van der Waals surface area contributed by atoms with Gasteiger partial charge in [0.1, 0.15) is 0 Å². The summed E-state index contributed by atoms with van der Waals surface area (Å²) in [6, 6.07) is 8.28. The first-order chi connectivity index (χ1) is 11.5. The number of piperazine rings is 1. The van der Waals surface area contributed by atoms with E-state index in [1.165, 1.54) is 11.3 Å². The maximum atomic E-state index is 12.1. The van der Waals surface area contributed by atoms with Crippen LogP contribution < -0.4 is 10.2 Å². The largest absolute Gasteiger partial charge is 0.463 e. The van der Waals surface area contributed by atoms with Crippen molar-refractivity contribution in [2.75, 3.05) is 37.6 Å². The number of hydrogen-bond acceptors (Lipinski definition) is 4. The van der Waals surface area contributed by atoms with Crippen LogP contribution in [0.15, 0.2) is 24.3 Å². The molecular weight excluding hydrogens is 306 g/mol. The molecule has 0 spiro atoms. The predicted molar refractivity (Wildman–Crippen MR) is 94.2 cm³/mol. The van der Waals surface area contributed by atoms with Gasteiger partial charge in [-0.15, -0.1) is 0 Å². The van der Waals surface area contributed by atoms with Gasteiger partial charge in [0.05, 0.1) is 12.5 Å². The van der Waals surface area contributed by atoms with E-state index in [2.05, 4.69) is 41.4 Å². The first-order valence-corrected chi connectivity index (χ1v) is 8.49. The van der Waals surface area contributed by atoms with Crippen LogP contribution in [0.25, 0.3) is 0 Å². The zero-order chi connectivity index (χ0) is 17.5. The standard InChI is InChI=1S/C18H27N3O3/c1-14(2)24-17(22)7-8-19-18(23)21-11-9-20(10-12-21)16-6-4-5-15(3)13-16/h4-6,13-14H,7-12H2,1-3H3,(H,19,23). The second-order valence-electron chi connectivity index (χ2n) is 6.33. The molecule has 132 valence electrons. The Balaban J connectivity index is 1.72. The highest BCUT2D eigenvalue weighted by molar-refractivity contribution is 5.76. The van der Waals surface area contributed by atoms with Gasteiger partial charge in [-0.1, -0.05) is 12.1 Å². The van der Waals surface area contributed by atoms with Crippen molar-refractivity contribution in [3.05, 3.63) is 29.8 Å². The lowest BCUT2D eigenvalue weighted by Gasteiger charge is -2.36. The second kappa shape index (κ2) is 8.57. The lowest BCUT2D eigenvalue weighted by molar-refractivity contribution is -0.147. The van der Waals surface area contributed by atoms with Gasteiger partial charge >= 0.3 is 12.0 Å². The Morgan fingerprint density at radius 3 is 2.54 bits per heavy atom.